The quantitative estimate of drug-likeness (QED) is 0.0793. The van der Waals surface area contributed by atoms with Crippen LogP contribution in [0.1, 0.15) is 105 Å². The number of ether oxygens (including phenoxy) is 1. The predicted molar refractivity (Wildman–Crippen MR) is 322 cm³/mol. The first-order valence-corrected chi connectivity index (χ1v) is 31.0. The molecule has 0 unspecified atom stereocenters. The number of hydrogen-bond donors (Lipinski definition) is 1. The van der Waals surface area contributed by atoms with Gasteiger partial charge in [-0.1, -0.05) is 281 Å². The second kappa shape index (κ2) is 32.9. The van der Waals surface area contributed by atoms with Gasteiger partial charge in [-0.3, -0.25) is 5.10 Å². The minimum absolute atomic E-state index is 0.0212. The van der Waals surface area contributed by atoms with Crippen LogP contribution < -0.4 is 36.9 Å². The van der Waals surface area contributed by atoms with Crippen molar-refractivity contribution < 1.29 is 22.0 Å². The minimum Gasteiger partial charge on any atom is -0.0622 e. The minimum atomic E-state index is -0.446. The van der Waals surface area contributed by atoms with Crippen LogP contribution in [-0.4, -0.2) is 33.5 Å². The van der Waals surface area contributed by atoms with Gasteiger partial charge >= 0.3 is 27.0 Å². The molecule has 4 heterocycles. The van der Waals surface area contributed by atoms with Crippen LogP contribution in [-0.2, 0) is 32.9 Å². The number of aromatic nitrogens is 5. The molecule has 10 heteroatoms. The van der Waals surface area contributed by atoms with Crippen molar-refractivity contribution in [3.8, 4) is 22.8 Å². The van der Waals surface area contributed by atoms with Crippen molar-refractivity contribution in [3.63, 3.8) is 0 Å². The third-order valence-electron chi connectivity index (χ3n) is 11.8. The van der Waals surface area contributed by atoms with Crippen molar-refractivity contribution in [1.29, 1.82) is 0 Å². The molecule has 0 bridgehead atoms. The van der Waals surface area contributed by atoms with E-state index >= 15 is 0 Å². The van der Waals surface area contributed by atoms with Gasteiger partial charge in [-0.05, 0) is 78.7 Å². The Labute approximate surface area is 466 Å². The van der Waals surface area contributed by atoms with Gasteiger partial charge in [0.1, 0.15) is 5.69 Å². The van der Waals surface area contributed by atoms with Gasteiger partial charge in [0.25, 0.3) is 0 Å². The Morgan fingerprint density at radius 1 is 0.480 bits per heavy atom. The van der Waals surface area contributed by atoms with E-state index in [9.17, 15) is 0 Å². The number of hydrogen-bond acceptors (Lipinski definition) is 4. The summed E-state index contributed by atoms with van der Waals surface area (Å²) in [6, 6.07) is 74.6. The molecule has 1 aliphatic rings. The summed E-state index contributed by atoms with van der Waals surface area (Å²) in [4.78, 5) is 4.72. The van der Waals surface area contributed by atoms with Gasteiger partial charge in [-0.25, -0.2) is 4.98 Å². The molecule has 392 valence electrons. The molecule has 0 radical (unpaired) electrons. The molecule has 75 heavy (non-hydrogen) atoms. The van der Waals surface area contributed by atoms with Crippen LogP contribution >= 0.6 is 25.5 Å². The first kappa shape index (κ1) is 60.5. The molecule has 1 saturated heterocycles. The topological polar surface area (TPSA) is 77.8 Å². The van der Waals surface area contributed by atoms with Crippen molar-refractivity contribution in [1.82, 2.24) is 25.4 Å². The van der Waals surface area contributed by atoms with Crippen LogP contribution in [0.15, 0.2) is 212 Å². The second-order valence-corrected chi connectivity index (χ2v) is 24.3. The van der Waals surface area contributed by atoms with E-state index in [0.717, 1.165) is 47.4 Å². The molecule has 10 rings (SSSR count). The van der Waals surface area contributed by atoms with Crippen LogP contribution in [0.4, 0.5) is 0 Å². The fourth-order valence-electron chi connectivity index (χ4n) is 7.71. The fraction of sp³-hybridized carbons (Fsp3) is 0.277. The van der Waals surface area contributed by atoms with E-state index in [1.165, 1.54) is 70.4 Å². The van der Waals surface area contributed by atoms with E-state index in [4.69, 9.17) is 9.72 Å². The molecule has 1 fully saturated rings. The SMILES string of the molecule is C1CCOC1.CC(C)(C)c1cc(-c2cccc(-c3cc(C(C)(C)C)[nH]n3)n2)[n-]n1.CCCCCC.[Cl][Ru+].c1ccc(P(c2ccccc2)c2ccccc2)cc1.c1ccc(P(c2ccccc2)c2ccccc2)cc1. The van der Waals surface area contributed by atoms with E-state index in [-0.39, 0.29) is 10.8 Å². The molecule has 0 saturated carbocycles. The number of nitrogens with zero attached hydrogens (tertiary/aromatic N) is 4. The van der Waals surface area contributed by atoms with Gasteiger partial charge in [0, 0.05) is 35.4 Å². The van der Waals surface area contributed by atoms with E-state index in [2.05, 4.69) is 274 Å². The Morgan fingerprint density at radius 2 is 0.840 bits per heavy atom. The Morgan fingerprint density at radius 3 is 1.12 bits per heavy atom. The largest absolute Gasteiger partial charge is 0.0622 e. The molecule has 9 aromatic rings. The first-order valence-electron chi connectivity index (χ1n) is 26.1. The summed E-state index contributed by atoms with van der Waals surface area (Å²) in [7, 11) is 3.68. The van der Waals surface area contributed by atoms with Crippen LogP contribution in [0.25, 0.3) is 22.8 Å². The zero-order chi connectivity index (χ0) is 53.7. The molecule has 0 aliphatic carbocycles. The summed E-state index contributed by atoms with van der Waals surface area (Å²) in [6.45, 7) is 19.3. The molecular formula is C65H76ClN5OP2Ru. The van der Waals surface area contributed by atoms with Gasteiger partial charge in [0.15, 0.2) is 0 Å². The van der Waals surface area contributed by atoms with Crippen molar-refractivity contribution in [3.05, 3.63) is 224 Å². The van der Waals surface area contributed by atoms with Gasteiger partial charge in [0.2, 0.25) is 0 Å². The zero-order valence-corrected chi connectivity index (χ0v) is 49.5. The Balaban J connectivity index is 0.000000187. The maximum atomic E-state index is 4.94. The number of halogens is 1. The number of benzene rings is 6. The third-order valence-corrected chi connectivity index (χ3v) is 16.7. The standard InChI is InChI=1S/C19H24N5.2C18H15P.C6H14.C4H8O.ClH.Ru/c1-18(2,3)16-10-14(21-23-16)12-8-7-9-13(20-12)15-11-17(24-22-15)19(4,5)6;2*1-4-10-16(11-5-1)19(17-12-6-2-7-13-17)18-14-8-3-9-15-18;1-3-5-6-4-2;1-2-4-5-3-1;;/h7-11H,1-6H3,(H-,21,22,23,24);2*1-15H;3-6H2,1-2H3;1-4H2;1H;/q-1;;;;;;+2/p-1. The fourth-order valence-corrected chi connectivity index (χ4v) is 12.3. The van der Waals surface area contributed by atoms with E-state index < -0.39 is 15.8 Å². The number of nitrogens with one attached hydrogen (secondary N) is 1. The summed E-state index contributed by atoms with van der Waals surface area (Å²) in [5.74, 6) is 0. The van der Waals surface area contributed by atoms with Crippen LogP contribution in [0.2, 0.25) is 0 Å². The summed E-state index contributed by atoms with van der Waals surface area (Å²) in [6.07, 6.45) is 8.09. The van der Waals surface area contributed by atoms with Crippen LogP contribution in [0.5, 0.6) is 0 Å². The average Bonchev–Trinajstić information content (AvgIpc) is 4.30. The van der Waals surface area contributed by atoms with E-state index in [1.807, 2.05) is 41.6 Å². The van der Waals surface area contributed by atoms with Gasteiger partial charge in [-0.2, -0.15) is 5.10 Å². The van der Waals surface area contributed by atoms with Crippen molar-refractivity contribution >= 4 is 57.4 Å². The molecule has 1 N–H and O–H groups in total. The summed E-state index contributed by atoms with van der Waals surface area (Å²) in [5.41, 5.74) is 5.36. The molecule has 6 nitrogen and oxygen atoms in total. The Bertz CT molecular complexity index is 2490. The average molecular weight is 1140 g/mol. The van der Waals surface area contributed by atoms with Gasteiger partial charge in [-0.15, -0.1) is 0 Å². The Kier molecular flexibility index (Phi) is 26.6. The smallest absolute Gasteiger partial charge is 0.0134 e. The van der Waals surface area contributed by atoms with E-state index in [1.54, 1.807) is 0 Å². The van der Waals surface area contributed by atoms with Crippen molar-refractivity contribution in [2.75, 3.05) is 13.2 Å². The number of aromatic amines is 1. The molecule has 3 aromatic heterocycles. The van der Waals surface area contributed by atoms with Crippen molar-refractivity contribution in [2.24, 2.45) is 0 Å². The van der Waals surface area contributed by atoms with Crippen LogP contribution in [0.3, 0.4) is 0 Å². The summed E-state index contributed by atoms with van der Waals surface area (Å²) >= 11 is 1.82. The third kappa shape index (κ3) is 20.3. The molecule has 0 amide bonds. The zero-order valence-electron chi connectivity index (χ0n) is 45.2. The predicted octanol–water partition coefficient (Wildman–Crippen LogP) is 15.0. The molecule has 0 spiro atoms. The number of pyridine rings is 1. The molecule has 0 atom stereocenters. The van der Waals surface area contributed by atoms with E-state index in [0.29, 0.717) is 0 Å². The molecular weight excluding hydrogens is 1070 g/mol. The number of unbranched alkanes of at least 4 members (excludes halogenated alkanes) is 3. The van der Waals surface area contributed by atoms with Crippen molar-refractivity contribution in [2.45, 2.75) is 105 Å². The monoisotopic (exact) mass is 1140 g/mol. The van der Waals surface area contributed by atoms with Gasteiger partial charge in [0.05, 0.1) is 11.4 Å². The normalized spacial score (nSPS) is 11.8. The number of H-pyrrole nitrogens is 1. The molecule has 6 aromatic carbocycles. The second-order valence-electron chi connectivity index (χ2n) is 19.9. The maximum Gasteiger partial charge on any atom is -0.0134 e. The maximum absolute atomic E-state index is 4.94. The summed E-state index contributed by atoms with van der Waals surface area (Å²) in [5, 5.41) is 24.5. The number of rotatable bonds is 11. The van der Waals surface area contributed by atoms with Crippen LogP contribution in [0, 0.1) is 0 Å². The van der Waals surface area contributed by atoms with Gasteiger partial charge < -0.3 is 14.9 Å². The first-order chi connectivity index (χ1) is 36.5. The Hall–Kier alpha value is -5.38. The molecule has 1 aliphatic heterocycles. The summed E-state index contributed by atoms with van der Waals surface area (Å²) < 4.78 is 4.94.